The lowest BCUT2D eigenvalue weighted by Gasteiger charge is -2.17. The van der Waals surface area contributed by atoms with Gasteiger partial charge in [-0.15, -0.1) is 0 Å². The molecule has 0 saturated heterocycles. The Bertz CT molecular complexity index is 710. The summed E-state index contributed by atoms with van der Waals surface area (Å²) in [7, 11) is 0. The summed E-state index contributed by atoms with van der Waals surface area (Å²) in [5.74, 6) is 0. The first-order valence-electron chi connectivity index (χ1n) is 7.25. The third kappa shape index (κ3) is 1.79. The van der Waals surface area contributed by atoms with E-state index in [1.807, 2.05) is 6.92 Å². The van der Waals surface area contributed by atoms with Crippen LogP contribution in [0.3, 0.4) is 0 Å². The molecule has 3 rings (SSSR count). The number of fused-ring (bicyclic) bond motifs is 3. The Labute approximate surface area is 120 Å². The van der Waals surface area contributed by atoms with E-state index in [4.69, 9.17) is 0 Å². The molecule has 1 atom stereocenters. The molecular formula is C18H22NO+. The van der Waals surface area contributed by atoms with Crippen LogP contribution in [0.4, 0.5) is 5.69 Å². The molecule has 2 nitrogen and oxygen atoms in total. The van der Waals surface area contributed by atoms with Crippen molar-refractivity contribution < 1.29 is 9.68 Å². The molecule has 104 valence electrons. The van der Waals surface area contributed by atoms with Crippen LogP contribution in [0, 0.1) is 0 Å². The molecule has 1 N–H and O–H groups in total. The summed E-state index contributed by atoms with van der Waals surface area (Å²) in [6.07, 6.45) is -0.335. The lowest BCUT2D eigenvalue weighted by molar-refractivity contribution is -0.449. The molecule has 0 aromatic heterocycles. The Morgan fingerprint density at radius 3 is 2.55 bits per heavy atom. The molecule has 2 heteroatoms. The highest BCUT2D eigenvalue weighted by Crippen LogP contribution is 2.43. The van der Waals surface area contributed by atoms with Crippen molar-refractivity contribution in [2.75, 3.05) is 6.54 Å². The van der Waals surface area contributed by atoms with E-state index < -0.39 is 0 Å². The predicted molar refractivity (Wildman–Crippen MR) is 84.1 cm³/mol. The van der Waals surface area contributed by atoms with Gasteiger partial charge in [-0.2, -0.15) is 4.58 Å². The van der Waals surface area contributed by atoms with Gasteiger partial charge in [-0.25, -0.2) is 0 Å². The van der Waals surface area contributed by atoms with Crippen molar-refractivity contribution in [2.24, 2.45) is 0 Å². The van der Waals surface area contributed by atoms with Crippen molar-refractivity contribution in [1.29, 1.82) is 0 Å². The summed E-state index contributed by atoms with van der Waals surface area (Å²) in [5, 5.41) is 12.4. The molecule has 1 aliphatic rings. The zero-order chi connectivity index (χ0) is 14.5. The first kappa shape index (κ1) is 13.3. The van der Waals surface area contributed by atoms with E-state index >= 15 is 0 Å². The second kappa shape index (κ2) is 4.42. The third-order valence-electron chi connectivity index (χ3n) is 4.58. The van der Waals surface area contributed by atoms with E-state index in [0.29, 0.717) is 6.54 Å². The van der Waals surface area contributed by atoms with Gasteiger partial charge < -0.3 is 5.11 Å². The van der Waals surface area contributed by atoms with Crippen molar-refractivity contribution in [3.63, 3.8) is 0 Å². The number of aliphatic hydroxyl groups excluding tert-OH is 1. The molecule has 1 aliphatic heterocycles. The molecule has 2 aromatic rings. The maximum absolute atomic E-state index is 9.78. The van der Waals surface area contributed by atoms with Gasteiger partial charge in [0.05, 0.1) is 5.41 Å². The Kier molecular flexibility index (Phi) is 2.94. The molecule has 2 aromatic carbocycles. The van der Waals surface area contributed by atoms with E-state index in [1.54, 1.807) is 0 Å². The number of benzene rings is 2. The summed E-state index contributed by atoms with van der Waals surface area (Å²) in [5.41, 5.74) is 3.94. The van der Waals surface area contributed by atoms with Crippen molar-refractivity contribution in [3.8, 4) is 0 Å². The van der Waals surface area contributed by atoms with Crippen LogP contribution in [0.25, 0.3) is 10.8 Å². The second-order valence-electron chi connectivity index (χ2n) is 6.35. The largest absolute Gasteiger partial charge is 0.387 e. The highest BCUT2D eigenvalue weighted by Gasteiger charge is 2.44. The molecular weight excluding hydrogens is 246 g/mol. The highest BCUT2D eigenvalue weighted by molar-refractivity contribution is 6.01. The molecule has 20 heavy (non-hydrogen) atoms. The van der Waals surface area contributed by atoms with Crippen LogP contribution in [0.5, 0.6) is 0 Å². The minimum Gasteiger partial charge on any atom is -0.387 e. The first-order chi connectivity index (χ1) is 9.43. The maximum atomic E-state index is 9.78. The number of β-amino-alcohol motifs (C(OH)–C–C–N with tert-alkyl or cyclic N) is 1. The number of aliphatic hydroxyl groups is 1. The van der Waals surface area contributed by atoms with Gasteiger partial charge in [-0.1, -0.05) is 24.3 Å². The molecule has 1 heterocycles. The van der Waals surface area contributed by atoms with Crippen molar-refractivity contribution in [1.82, 2.24) is 0 Å². The summed E-state index contributed by atoms with van der Waals surface area (Å²) < 4.78 is 2.27. The lowest BCUT2D eigenvalue weighted by Crippen LogP contribution is -2.29. The van der Waals surface area contributed by atoms with Crippen LogP contribution in [0.1, 0.15) is 33.3 Å². The zero-order valence-electron chi connectivity index (χ0n) is 12.6. The van der Waals surface area contributed by atoms with Gasteiger partial charge in [0.25, 0.3) is 0 Å². The van der Waals surface area contributed by atoms with Crippen molar-refractivity contribution in [3.05, 3.63) is 42.0 Å². The summed E-state index contributed by atoms with van der Waals surface area (Å²) in [4.78, 5) is 0. The van der Waals surface area contributed by atoms with E-state index in [-0.39, 0.29) is 11.5 Å². The molecule has 1 unspecified atom stereocenters. The van der Waals surface area contributed by atoms with Gasteiger partial charge in [0, 0.05) is 18.6 Å². The minimum absolute atomic E-state index is 0.00505. The monoisotopic (exact) mass is 268 g/mol. The van der Waals surface area contributed by atoms with Crippen LogP contribution in [-0.4, -0.2) is 28.0 Å². The van der Waals surface area contributed by atoms with Gasteiger partial charge in [0.1, 0.15) is 6.10 Å². The molecule has 0 saturated carbocycles. The van der Waals surface area contributed by atoms with Gasteiger partial charge in [-0.3, -0.25) is 0 Å². The highest BCUT2D eigenvalue weighted by atomic mass is 16.3. The molecule has 0 radical (unpaired) electrons. The van der Waals surface area contributed by atoms with Crippen LogP contribution >= 0.6 is 0 Å². The maximum Gasteiger partial charge on any atom is 0.210 e. The standard InChI is InChI=1S/C18H22NO/c1-12(20)11-19-13(2)18(3,4)17-15-8-6-5-7-14(15)9-10-16(17)19/h5-10,12,20H,11H2,1-4H3/q+1. The summed E-state index contributed by atoms with van der Waals surface area (Å²) in [6, 6.07) is 12.9. The number of hydrogen-bond donors (Lipinski definition) is 1. The van der Waals surface area contributed by atoms with Crippen LogP contribution in [0.2, 0.25) is 0 Å². The topological polar surface area (TPSA) is 23.2 Å². The third-order valence-corrected chi connectivity index (χ3v) is 4.58. The van der Waals surface area contributed by atoms with Gasteiger partial charge >= 0.3 is 0 Å². The lowest BCUT2D eigenvalue weighted by atomic mass is 9.80. The summed E-state index contributed by atoms with van der Waals surface area (Å²) >= 11 is 0. The van der Waals surface area contributed by atoms with Gasteiger partial charge in [0.15, 0.2) is 12.3 Å². The quantitative estimate of drug-likeness (QED) is 0.826. The Hall–Kier alpha value is -1.67. The molecule has 0 aliphatic carbocycles. The Morgan fingerprint density at radius 2 is 1.85 bits per heavy atom. The fraction of sp³-hybridized carbons (Fsp3) is 0.389. The zero-order valence-corrected chi connectivity index (χ0v) is 12.6. The molecule has 0 fully saturated rings. The Morgan fingerprint density at radius 1 is 1.15 bits per heavy atom. The molecule has 0 bridgehead atoms. The number of nitrogens with zero attached hydrogens (tertiary/aromatic N) is 1. The number of rotatable bonds is 2. The van der Waals surface area contributed by atoms with Crippen LogP contribution < -0.4 is 0 Å². The predicted octanol–water partition coefficient (Wildman–Crippen LogP) is 3.62. The van der Waals surface area contributed by atoms with Crippen molar-refractivity contribution in [2.45, 2.75) is 39.2 Å². The first-order valence-corrected chi connectivity index (χ1v) is 7.25. The second-order valence-corrected chi connectivity index (χ2v) is 6.35. The SMILES string of the molecule is CC1=[N+](CC(C)O)c2ccc3ccccc3c2C1(C)C. The van der Waals surface area contributed by atoms with Crippen LogP contribution in [0.15, 0.2) is 36.4 Å². The van der Waals surface area contributed by atoms with E-state index in [1.165, 1.54) is 27.7 Å². The Balaban J connectivity index is 2.31. The fourth-order valence-electron chi connectivity index (χ4n) is 3.34. The average Bonchev–Trinajstić information content (AvgIpc) is 2.60. The van der Waals surface area contributed by atoms with E-state index in [9.17, 15) is 5.11 Å². The van der Waals surface area contributed by atoms with E-state index in [0.717, 1.165) is 0 Å². The number of hydrogen-bond acceptors (Lipinski definition) is 1. The minimum atomic E-state index is -0.335. The smallest absolute Gasteiger partial charge is 0.210 e. The van der Waals surface area contributed by atoms with Crippen molar-refractivity contribution >= 4 is 22.2 Å². The fourth-order valence-corrected chi connectivity index (χ4v) is 3.34. The normalized spacial score (nSPS) is 18.4. The molecule has 0 amide bonds. The van der Waals surface area contributed by atoms with E-state index in [2.05, 4.69) is 61.7 Å². The van der Waals surface area contributed by atoms with Gasteiger partial charge in [-0.05, 0) is 37.6 Å². The van der Waals surface area contributed by atoms with Crippen LogP contribution in [-0.2, 0) is 5.41 Å². The molecule has 0 spiro atoms. The average molecular weight is 268 g/mol. The summed E-state index contributed by atoms with van der Waals surface area (Å²) in [6.45, 7) is 9.22. The van der Waals surface area contributed by atoms with Gasteiger partial charge in [0.2, 0.25) is 5.69 Å².